The fourth-order valence-corrected chi connectivity index (χ4v) is 2.35. The van der Waals surface area contributed by atoms with Crippen molar-refractivity contribution in [2.45, 2.75) is 39.7 Å². The summed E-state index contributed by atoms with van der Waals surface area (Å²) in [7, 11) is 0. The summed E-state index contributed by atoms with van der Waals surface area (Å²) >= 11 is 0. The number of anilines is 1. The fraction of sp³-hybridized carbons (Fsp3) is 0.368. The van der Waals surface area contributed by atoms with E-state index in [9.17, 15) is 18.4 Å². The minimum absolute atomic E-state index is 0.0100. The predicted molar refractivity (Wildman–Crippen MR) is 99.5 cm³/mol. The molecule has 2 aromatic rings. The minimum Gasteiger partial charge on any atom is -0.471 e. The Balaban J connectivity index is 2.04. The maximum absolute atomic E-state index is 12.8. The number of nitrogens with zero attached hydrogens (tertiary/aromatic N) is 2. The third-order valence-corrected chi connectivity index (χ3v) is 3.60. The minimum atomic E-state index is -2.97. The lowest BCUT2D eigenvalue weighted by Crippen LogP contribution is -2.27. The van der Waals surface area contributed by atoms with Crippen LogP contribution in [0.4, 0.5) is 14.6 Å². The number of aryl methyl sites for hydroxylation is 1. The van der Waals surface area contributed by atoms with Crippen LogP contribution in [0.2, 0.25) is 0 Å². The molecule has 7 nitrogen and oxygen atoms in total. The number of alkyl halides is 2. The first kappa shape index (κ1) is 21.2. The number of halogens is 2. The average Bonchev–Trinajstić information content (AvgIpc) is 2.58. The number of ether oxygens (including phenoxy) is 1. The third-order valence-electron chi connectivity index (χ3n) is 3.60. The van der Waals surface area contributed by atoms with Crippen molar-refractivity contribution in [1.82, 2.24) is 15.3 Å². The summed E-state index contributed by atoms with van der Waals surface area (Å²) in [5, 5.41) is 5.43. The molecule has 0 aromatic carbocycles. The van der Waals surface area contributed by atoms with Gasteiger partial charge in [-0.2, -0.15) is 0 Å². The van der Waals surface area contributed by atoms with E-state index in [1.54, 1.807) is 26.0 Å². The van der Waals surface area contributed by atoms with Crippen molar-refractivity contribution in [2.75, 3.05) is 11.9 Å². The Bertz CT molecular complexity index is 851. The molecule has 28 heavy (non-hydrogen) atoms. The van der Waals surface area contributed by atoms with Gasteiger partial charge in [0.05, 0.1) is 11.6 Å². The molecule has 0 bridgehead atoms. The van der Waals surface area contributed by atoms with Crippen LogP contribution in [0.3, 0.4) is 0 Å². The van der Waals surface area contributed by atoms with E-state index in [1.165, 1.54) is 25.3 Å². The molecule has 1 unspecified atom stereocenters. The molecule has 150 valence electrons. The largest absolute Gasteiger partial charge is 0.471 e. The molecule has 2 rings (SSSR count). The van der Waals surface area contributed by atoms with Gasteiger partial charge in [0, 0.05) is 31.8 Å². The fourth-order valence-electron chi connectivity index (χ4n) is 2.35. The quantitative estimate of drug-likeness (QED) is 0.754. The van der Waals surface area contributed by atoms with Crippen molar-refractivity contribution in [3.05, 3.63) is 47.3 Å². The molecule has 0 fully saturated rings. The Kier molecular flexibility index (Phi) is 6.61. The van der Waals surface area contributed by atoms with Gasteiger partial charge in [0.2, 0.25) is 11.8 Å². The van der Waals surface area contributed by atoms with Crippen LogP contribution in [0.5, 0.6) is 5.88 Å². The van der Waals surface area contributed by atoms with Gasteiger partial charge in [-0.1, -0.05) is 0 Å². The molecule has 0 spiro atoms. The van der Waals surface area contributed by atoms with E-state index >= 15 is 0 Å². The second-order valence-corrected chi connectivity index (χ2v) is 6.55. The first-order valence-corrected chi connectivity index (χ1v) is 8.57. The maximum atomic E-state index is 12.8. The van der Waals surface area contributed by atoms with Gasteiger partial charge >= 0.3 is 0 Å². The van der Waals surface area contributed by atoms with Gasteiger partial charge in [-0.05, 0) is 37.6 Å². The van der Waals surface area contributed by atoms with Gasteiger partial charge in [0.1, 0.15) is 5.82 Å². The zero-order chi connectivity index (χ0) is 20.9. The highest BCUT2D eigenvalue weighted by Gasteiger charge is 2.22. The van der Waals surface area contributed by atoms with Gasteiger partial charge in [-0.3, -0.25) is 9.59 Å². The van der Waals surface area contributed by atoms with Crippen molar-refractivity contribution >= 4 is 17.6 Å². The summed E-state index contributed by atoms with van der Waals surface area (Å²) in [5.41, 5.74) is 1.72. The zero-order valence-corrected chi connectivity index (χ0v) is 16.0. The van der Waals surface area contributed by atoms with Gasteiger partial charge in [0.15, 0.2) is 6.61 Å². The molecule has 2 heterocycles. The molecule has 2 amide bonds. The first-order chi connectivity index (χ1) is 13.0. The van der Waals surface area contributed by atoms with Crippen molar-refractivity contribution < 1.29 is 23.1 Å². The van der Waals surface area contributed by atoms with Crippen LogP contribution < -0.4 is 15.4 Å². The summed E-state index contributed by atoms with van der Waals surface area (Å²) in [6, 6.07) is 5.92. The molecule has 1 atom stereocenters. The Hall–Kier alpha value is -3.10. The second-order valence-electron chi connectivity index (χ2n) is 6.55. The van der Waals surface area contributed by atoms with Crippen molar-refractivity contribution in [3.63, 3.8) is 0 Å². The molecule has 0 radical (unpaired) electrons. The highest BCUT2D eigenvalue weighted by Crippen LogP contribution is 2.19. The Morgan fingerprint density at radius 1 is 1.29 bits per heavy atom. The average molecular weight is 392 g/mol. The highest BCUT2D eigenvalue weighted by atomic mass is 19.3. The van der Waals surface area contributed by atoms with Crippen molar-refractivity contribution in [1.29, 1.82) is 0 Å². The van der Waals surface area contributed by atoms with Gasteiger partial charge in [-0.25, -0.2) is 18.7 Å². The molecular formula is C19H22F2N4O3. The lowest BCUT2D eigenvalue weighted by molar-refractivity contribution is -0.114. The summed E-state index contributed by atoms with van der Waals surface area (Å²) in [6.07, 6.45) is 1.26. The van der Waals surface area contributed by atoms with Crippen LogP contribution in [0.15, 0.2) is 30.5 Å². The molecule has 0 saturated heterocycles. The van der Waals surface area contributed by atoms with Crippen LogP contribution in [-0.4, -0.2) is 34.3 Å². The van der Waals surface area contributed by atoms with E-state index in [-0.39, 0.29) is 29.3 Å². The number of amides is 2. The number of carbonyl (C=O) groups is 2. The Morgan fingerprint density at radius 3 is 2.57 bits per heavy atom. The molecular weight excluding hydrogens is 370 g/mol. The molecule has 9 heteroatoms. The van der Waals surface area contributed by atoms with Gasteiger partial charge in [0.25, 0.3) is 11.8 Å². The molecule has 0 saturated carbocycles. The van der Waals surface area contributed by atoms with Crippen LogP contribution in [0.25, 0.3) is 0 Å². The van der Waals surface area contributed by atoms with E-state index in [1.807, 2.05) is 0 Å². The van der Waals surface area contributed by atoms with Gasteiger partial charge in [-0.15, -0.1) is 0 Å². The maximum Gasteiger partial charge on any atom is 0.278 e. The predicted octanol–water partition coefficient (Wildman–Crippen LogP) is 3.27. The molecule has 0 aliphatic rings. The summed E-state index contributed by atoms with van der Waals surface area (Å²) in [4.78, 5) is 31.7. The highest BCUT2D eigenvalue weighted by molar-refractivity contribution is 5.94. The van der Waals surface area contributed by atoms with E-state index in [0.29, 0.717) is 11.5 Å². The van der Waals surface area contributed by atoms with Gasteiger partial charge < -0.3 is 15.4 Å². The van der Waals surface area contributed by atoms with Crippen molar-refractivity contribution in [3.8, 4) is 5.88 Å². The Morgan fingerprint density at radius 2 is 2.00 bits per heavy atom. The number of hydrogen-bond donors (Lipinski definition) is 2. The van der Waals surface area contributed by atoms with E-state index < -0.39 is 12.5 Å². The molecule has 2 aromatic heterocycles. The summed E-state index contributed by atoms with van der Waals surface area (Å²) in [5.74, 6) is -3.18. The monoisotopic (exact) mass is 392 g/mol. The smallest absolute Gasteiger partial charge is 0.278 e. The van der Waals surface area contributed by atoms with Crippen molar-refractivity contribution in [2.24, 2.45) is 0 Å². The molecule has 0 aliphatic heterocycles. The molecule has 2 N–H and O–H groups in total. The Labute approximate surface area is 161 Å². The SMILES string of the molecule is CC(=O)Nc1cc(C(C)NC(=O)c2ccc(OCC(C)(F)F)nc2)cc(C)n1. The first-order valence-electron chi connectivity index (χ1n) is 8.57. The van der Waals surface area contributed by atoms with E-state index in [4.69, 9.17) is 4.74 Å². The standard InChI is InChI=1S/C19H22F2N4O3/c1-11-7-15(8-16(23-11)25-13(3)26)12(2)24-18(27)14-5-6-17(22-9-14)28-10-19(4,20)21/h5-9,12H,10H2,1-4H3,(H,24,27)(H,23,25,26). The normalized spacial score (nSPS) is 12.2. The third kappa shape index (κ3) is 6.57. The van der Waals surface area contributed by atoms with Crippen LogP contribution in [0.1, 0.15) is 48.4 Å². The zero-order valence-electron chi connectivity index (χ0n) is 16.0. The van der Waals surface area contributed by atoms with Crippen LogP contribution in [-0.2, 0) is 4.79 Å². The number of carbonyl (C=O) groups excluding carboxylic acids is 2. The summed E-state index contributed by atoms with van der Waals surface area (Å²) < 4.78 is 30.5. The van der Waals surface area contributed by atoms with Crippen LogP contribution in [0, 0.1) is 6.92 Å². The topological polar surface area (TPSA) is 93.2 Å². The summed E-state index contributed by atoms with van der Waals surface area (Å²) in [6.45, 7) is 4.91. The number of nitrogens with one attached hydrogen (secondary N) is 2. The lowest BCUT2D eigenvalue weighted by Gasteiger charge is -2.16. The second kappa shape index (κ2) is 8.73. The molecule has 0 aliphatic carbocycles. The van der Waals surface area contributed by atoms with E-state index in [0.717, 1.165) is 12.5 Å². The number of rotatable bonds is 7. The number of aromatic nitrogens is 2. The number of hydrogen-bond acceptors (Lipinski definition) is 5. The van der Waals surface area contributed by atoms with E-state index in [2.05, 4.69) is 20.6 Å². The van der Waals surface area contributed by atoms with Crippen LogP contribution >= 0.6 is 0 Å². The lowest BCUT2D eigenvalue weighted by atomic mass is 10.1. The number of pyridine rings is 2.